The van der Waals surface area contributed by atoms with Crippen molar-refractivity contribution in [1.82, 2.24) is 10.2 Å². The number of rotatable bonds is 4. The number of hydrogen-bond donors (Lipinski definition) is 2. The van der Waals surface area contributed by atoms with Crippen molar-refractivity contribution in [3.05, 3.63) is 46.8 Å². The second-order valence-electron chi connectivity index (χ2n) is 6.25. The van der Waals surface area contributed by atoms with Gasteiger partial charge in [0.05, 0.1) is 11.1 Å². The molecule has 1 aromatic carbocycles. The molecule has 4 amide bonds. The first-order chi connectivity index (χ1) is 13.3. The minimum absolute atomic E-state index is 0.001000. The van der Waals surface area contributed by atoms with Crippen molar-refractivity contribution in [1.29, 1.82) is 0 Å². The number of thiophene rings is 1. The number of nitrogens with zero attached hydrogens (tertiary/aromatic N) is 1. The molecule has 4 rings (SSSR count). The van der Waals surface area contributed by atoms with Crippen LogP contribution in [0, 0.1) is 0 Å². The minimum atomic E-state index is -3.81. The smallest absolute Gasteiger partial charge is 0.271 e. The van der Waals surface area contributed by atoms with Gasteiger partial charge in [0.15, 0.2) is 0 Å². The number of fused-ring (bicyclic) bond motifs is 1. The molecular weight excluding hydrogens is 406 g/mol. The van der Waals surface area contributed by atoms with Gasteiger partial charge in [-0.2, -0.15) is 0 Å². The number of sulfonamides is 1. The fourth-order valence-electron chi connectivity index (χ4n) is 3.16. The largest absolute Gasteiger partial charge is 0.295 e. The van der Waals surface area contributed by atoms with Crippen LogP contribution in [0.3, 0.4) is 0 Å². The van der Waals surface area contributed by atoms with Crippen molar-refractivity contribution in [3.8, 4) is 0 Å². The summed E-state index contributed by atoms with van der Waals surface area (Å²) < 4.78 is 27.2. The summed E-state index contributed by atoms with van der Waals surface area (Å²) in [5.41, 5.74) is 0.202. The highest BCUT2D eigenvalue weighted by atomic mass is 32.2. The maximum absolute atomic E-state index is 12.7. The van der Waals surface area contributed by atoms with Crippen LogP contribution in [0.4, 0.5) is 5.69 Å². The molecule has 3 heterocycles. The molecule has 2 aromatic rings. The zero-order valence-corrected chi connectivity index (χ0v) is 15.8. The van der Waals surface area contributed by atoms with Gasteiger partial charge in [0.1, 0.15) is 10.3 Å². The minimum Gasteiger partial charge on any atom is -0.295 e. The summed E-state index contributed by atoms with van der Waals surface area (Å²) in [6.07, 6.45) is 0.0731. The predicted octanol–water partition coefficient (Wildman–Crippen LogP) is 0.950. The van der Waals surface area contributed by atoms with Crippen molar-refractivity contribution in [2.24, 2.45) is 0 Å². The molecule has 1 fully saturated rings. The SMILES string of the molecule is O=C1CCC(N2C(=O)c3ccc(NS(=O)(=O)c4cccs4)cc3C2=O)C(=O)N1. The number of hydrogen-bond acceptors (Lipinski definition) is 7. The van der Waals surface area contributed by atoms with Crippen LogP contribution in [0.25, 0.3) is 0 Å². The Morgan fingerprint density at radius 3 is 2.50 bits per heavy atom. The van der Waals surface area contributed by atoms with Crippen LogP contribution in [0.15, 0.2) is 39.9 Å². The van der Waals surface area contributed by atoms with Crippen LogP contribution in [0.2, 0.25) is 0 Å². The van der Waals surface area contributed by atoms with Crippen molar-refractivity contribution >= 4 is 50.7 Å². The number of piperidine rings is 1. The molecule has 1 aromatic heterocycles. The maximum Gasteiger partial charge on any atom is 0.271 e. The molecule has 144 valence electrons. The topological polar surface area (TPSA) is 130 Å². The second kappa shape index (κ2) is 6.53. The van der Waals surface area contributed by atoms with E-state index in [-0.39, 0.29) is 33.9 Å². The standard InChI is InChI=1S/C17H13N3O6S2/c21-13-6-5-12(15(22)18-13)20-16(23)10-4-3-9(8-11(10)17(20)24)19-28(25,26)14-2-1-7-27-14/h1-4,7-8,12,19H,5-6H2,(H,18,21,22). The predicted molar refractivity (Wildman–Crippen MR) is 98.2 cm³/mol. The Morgan fingerprint density at radius 1 is 1.07 bits per heavy atom. The van der Waals surface area contributed by atoms with Gasteiger partial charge in [0.25, 0.3) is 21.8 Å². The first-order valence-corrected chi connectivity index (χ1v) is 10.6. The van der Waals surface area contributed by atoms with Gasteiger partial charge in [-0.1, -0.05) is 6.07 Å². The van der Waals surface area contributed by atoms with E-state index in [2.05, 4.69) is 10.0 Å². The van der Waals surface area contributed by atoms with Gasteiger partial charge < -0.3 is 0 Å². The molecule has 28 heavy (non-hydrogen) atoms. The zero-order valence-electron chi connectivity index (χ0n) is 14.2. The van der Waals surface area contributed by atoms with Crippen LogP contribution in [-0.2, 0) is 19.6 Å². The molecule has 2 N–H and O–H groups in total. The van der Waals surface area contributed by atoms with E-state index < -0.39 is 39.7 Å². The first-order valence-electron chi connectivity index (χ1n) is 8.20. The monoisotopic (exact) mass is 419 g/mol. The molecule has 2 aliphatic rings. The van der Waals surface area contributed by atoms with Gasteiger partial charge >= 0.3 is 0 Å². The van der Waals surface area contributed by atoms with Crippen LogP contribution >= 0.6 is 11.3 Å². The molecule has 1 unspecified atom stereocenters. The third kappa shape index (κ3) is 2.98. The third-order valence-electron chi connectivity index (χ3n) is 4.45. The second-order valence-corrected chi connectivity index (χ2v) is 9.10. The number of anilines is 1. The molecule has 0 radical (unpaired) electrons. The summed E-state index contributed by atoms with van der Waals surface area (Å²) in [6, 6.07) is 5.96. The highest BCUT2D eigenvalue weighted by molar-refractivity contribution is 7.94. The molecule has 0 bridgehead atoms. The lowest BCUT2D eigenvalue weighted by Crippen LogP contribution is -2.54. The summed E-state index contributed by atoms with van der Waals surface area (Å²) in [5, 5.41) is 3.74. The Morgan fingerprint density at radius 2 is 1.82 bits per heavy atom. The van der Waals surface area contributed by atoms with Gasteiger partial charge in [-0.05, 0) is 36.1 Å². The van der Waals surface area contributed by atoms with Gasteiger partial charge in [0, 0.05) is 12.1 Å². The lowest BCUT2D eigenvalue weighted by Gasteiger charge is -2.27. The molecule has 2 aliphatic heterocycles. The molecule has 11 heteroatoms. The molecule has 0 saturated carbocycles. The van der Waals surface area contributed by atoms with Crippen LogP contribution in [-0.4, -0.2) is 43.0 Å². The van der Waals surface area contributed by atoms with Crippen LogP contribution in [0.5, 0.6) is 0 Å². The Bertz CT molecular complexity index is 1120. The van der Waals surface area contributed by atoms with Gasteiger partial charge in [0.2, 0.25) is 11.8 Å². The van der Waals surface area contributed by atoms with E-state index in [1.165, 1.54) is 24.3 Å². The number of benzene rings is 1. The Labute approximate surface area is 163 Å². The lowest BCUT2D eigenvalue weighted by molar-refractivity contribution is -0.136. The van der Waals surface area contributed by atoms with Crippen molar-refractivity contribution in [2.45, 2.75) is 23.1 Å². The summed E-state index contributed by atoms with van der Waals surface area (Å²) >= 11 is 1.04. The summed E-state index contributed by atoms with van der Waals surface area (Å²) in [6.45, 7) is 0. The number of carbonyl (C=O) groups excluding carboxylic acids is 4. The van der Waals surface area contributed by atoms with E-state index in [1.807, 2.05) is 0 Å². The highest BCUT2D eigenvalue weighted by Gasteiger charge is 2.44. The van der Waals surface area contributed by atoms with E-state index >= 15 is 0 Å². The average molecular weight is 419 g/mol. The first kappa shape index (κ1) is 18.3. The molecule has 1 saturated heterocycles. The van der Waals surface area contributed by atoms with Gasteiger partial charge in [-0.25, -0.2) is 8.42 Å². The summed E-state index contributed by atoms with van der Waals surface area (Å²) in [5.74, 6) is -2.51. The summed E-state index contributed by atoms with van der Waals surface area (Å²) in [7, 11) is -3.81. The molecular formula is C17H13N3O6S2. The van der Waals surface area contributed by atoms with E-state index in [9.17, 15) is 27.6 Å². The molecule has 0 aliphatic carbocycles. The zero-order chi connectivity index (χ0) is 20.1. The molecule has 9 nitrogen and oxygen atoms in total. The summed E-state index contributed by atoms with van der Waals surface area (Å²) in [4.78, 5) is 49.5. The van der Waals surface area contributed by atoms with E-state index in [4.69, 9.17) is 0 Å². The van der Waals surface area contributed by atoms with Gasteiger partial charge in [-0.15, -0.1) is 11.3 Å². The highest BCUT2D eigenvalue weighted by Crippen LogP contribution is 2.30. The molecule has 1 atom stereocenters. The van der Waals surface area contributed by atoms with Crippen LogP contribution < -0.4 is 10.0 Å². The number of imide groups is 2. The van der Waals surface area contributed by atoms with Crippen LogP contribution in [0.1, 0.15) is 33.6 Å². The van der Waals surface area contributed by atoms with Crippen molar-refractivity contribution in [3.63, 3.8) is 0 Å². The van der Waals surface area contributed by atoms with Gasteiger partial charge in [-0.3, -0.25) is 34.1 Å². The Hall–Kier alpha value is -3.05. The molecule has 0 spiro atoms. The maximum atomic E-state index is 12.7. The Balaban J connectivity index is 1.63. The van der Waals surface area contributed by atoms with Crippen molar-refractivity contribution < 1.29 is 27.6 Å². The van der Waals surface area contributed by atoms with Crippen molar-refractivity contribution in [2.75, 3.05) is 4.72 Å². The number of nitrogens with one attached hydrogen (secondary N) is 2. The van der Waals surface area contributed by atoms with E-state index in [0.29, 0.717) is 0 Å². The fourth-order valence-corrected chi connectivity index (χ4v) is 5.20. The number of amides is 4. The Kier molecular flexibility index (Phi) is 4.27. The lowest BCUT2D eigenvalue weighted by atomic mass is 10.0. The van der Waals surface area contributed by atoms with E-state index in [0.717, 1.165) is 16.2 Å². The number of carbonyl (C=O) groups is 4. The average Bonchev–Trinajstić information content (AvgIpc) is 3.25. The third-order valence-corrected chi connectivity index (χ3v) is 7.23. The van der Waals surface area contributed by atoms with E-state index in [1.54, 1.807) is 11.4 Å². The normalized spacial score (nSPS) is 19.6. The quantitative estimate of drug-likeness (QED) is 0.710. The fraction of sp³-hybridized carbons (Fsp3) is 0.176.